The Morgan fingerprint density at radius 1 is 1.00 bits per heavy atom. The second-order valence-electron chi connectivity index (χ2n) is 6.58. The predicted octanol–water partition coefficient (Wildman–Crippen LogP) is 4.72. The van der Waals surface area contributed by atoms with Crippen molar-refractivity contribution in [3.8, 4) is 0 Å². The van der Waals surface area contributed by atoms with Gasteiger partial charge in [0, 0.05) is 14.2 Å². The number of benzene rings is 1. The van der Waals surface area contributed by atoms with Crippen molar-refractivity contribution in [1.82, 2.24) is 5.32 Å². The second kappa shape index (κ2) is 13.5. The molecule has 1 rings (SSSR count). The van der Waals surface area contributed by atoms with Gasteiger partial charge in [0.15, 0.2) is 0 Å². The largest absolute Gasteiger partial charge is 0.480 e. The molecule has 0 aliphatic carbocycles. The summed E-state index contributed by atoms with van der Waals surface area (Å²) in [6, 6.07) is 8.49. The fourth-order valence-electron chi connectivity index (χ4n) is 2.84. The Morgan fingerprint density at radius 2 is 1.60 bits per heavy atom. The summed E-state index contributed by atoms with van der Waals surface area (Å²) in [5.74, 6) is -1.17. The molecular formula is C21H33NO3. The van der Waals surface area contributed by atoms with Crippen LogP contribution in [0.15, 0.2) is 30.3 Å². The van der Waals surface area contributed by atoms with E-state index in [9.17, 15) is 14.7 Å². The van der Waals surface area contributed by atoms with E-state index >= 15 is 0 Å². The third kappa shape index (κ3) is 10.6. The van der Waals surface area contributed by atoms with E-state index in [0.717, 1.165) is 37.7 Å². The average Bonchev–Trinajstić information content (AvgIpc) is 2.63. The smallest absolute Gasteiger partial charge is 0.326 e. The number of carbonyl (C=O) groups excluding carboxylic acids is 1. The van der Waals surface area contributed by atoms with Gasteiger partial charge in [0.25, 0.3) is 0 Å². The molecule has 0 fully saturated rings. The van der Waals surface area contributed by atoms with Crippen molar-refractivity contribution < 1.29 is 16.1 Å². The molecule has 0 heterocycles. The molecule has 2 N–H and O–H groups in total. The molecule has 1 aromatic rings. The average molecular weight is 349 g/mol. The zero-order chi connectivity index (χ0) is 19.0. The number of nitrogens with one attached hydrogen (secondary N) is 1. The molecule has 0 saturated heterocycles. The fourth-order valence-corrected chi connectivity index (χ4v) is 2.84. The number of aliphatic carboxylic acids is 1. The maximum Gasteiger partial charge on any atom is 0.326 e. The highest BCUT2D eigenvalue weighted by atomic mass is 16.4. The van der Waals surface area contributed by atoms with Gasteiger partial charge < -0.3 is 10.4 Å². The molecule has 0 aliphatic heterocycles. The van der Waals surface area contributed by atoms with Crippen molar-refractivity contribution in [2.45, 2.75) is 83.6 Å². The number of rotatable bonds is 14. The Morgan fingerprint density at radius 3 is 2.20 bits per heavy atom. The Bertz CT molecular complexity index is 507. The van der Waals surface area contributed by atoms with Crippen molar-refractivity contribution in [1.29, 1.82) is 0 Å². The lowest BCUT2D eigenvalue weighted by atomic mass is 10.0. The van der Waals surface area contributed by atoms with E-state index in [-0.39, 0.29) is 5.91 Å². The summed E-state index contributed by atoms with van der Waals surface area (Å²) < 4.78 is 7.09. The van der Waals surface area contributed by atoms with Gasteiger partial charge in [0.1, 0.15) is 6.04 Å². The predicted molar refractivity (Wildman–Crippen MR) is 102 cm³/mol. The van der Waals surface area contributed by atoms with Crippen LogP contribution in [-0.2, 0) is 16.0 Å². The molecular weight excluding hydrogens is 314 g/mol. The van der Waals surface area contributed by atoms with Crippen LogP contribution in [0.1, 0.15) is 78.0 Å². The van der Waals surface area contributed by atoms with Crippen LogP contribution in [0.3, 0.4) is 0 Å². The number of unbranched alkanes of at least 4 members (excludes halogenated alkanes) is 8. The molecule has 0 aromatic heterocycles. The molecule has 25 heavy (non-hydrogen) atoms. The fraction of sp³-hybridized carbons (Fsp3) is 0.619. The normalized spacial score (nSPS) is 12.4. The van der Waals surface area contributed by atoms with Crippen LogP contribution in [0.5, 0.6) is 0 Å². The van der Waals surface area contributed by atoms with E-state index in [1.54, 1.807) is 0 Å². The summed E-state index contributed by atoms with van der Waals surface area (Å²) in [5, 5.41) is 11.9. The van der Waals surface area contributed by atoms with E-state index in [0.29, 0.717) is 19.7 Å². The highest BCUT2D eigenvalue weighted by molar-refractivity contribution is 5.83. The van der Waals surface area contributed by atoms with Crippen LogP contribution >= 0.6 is 0 Å². The highest BCUT2D eigenvalue weighted by Gasteiger charge is 2.19. The first-order valence-corrected chi connectivity index (χ1v) is 9.49. The zero-order valence-electron chi connectivity index (χ0n) is 16.2. The van der Waals surface area contributed by atoms with Crippen molar-refractivity contribution in [2.75, 3.05) is 0 Å². The molecule has 0 radical (unpaired) electrons. The molecule has 1 aromatic carbocycles. The van der Waals surface area contributed by atoms with E-state index < -0.39 is 12.0 Å². The molecule has 1 atom stereocenters. The number of carboxylic acids is 1. The lowest BCUT2D eigenvalue weighted by Crippen LogP contribution is -2.42. The highest BCUT2D eigenvalue weighted by Crippen LogP contribution is 2.11. The molecule has 140 valence electrons. The molecule has 0 spiro atoms. The van der Waals surface area contributed by atoms with Gasteiger partial charge in [-0.25, -0.2) is 4.79 Å². The zero-order valence-corrected chi connectivity index (χ0v) is 15.2. The standard InChI is InChI=1S/C21H33NO3/c1-2-3-4-5-6-7-8-9-13-16-20(23)22-19(21(24)25)17-18-14-11-10-12-15-18/h10-12,14-15,19H,2-9,13,16-17H2,1H3,(H,22,23)(H,24,25)/t19-/m0/s1/i1D. The first kappa shape index (κ1) is 19.5. The first-order valence-electron chi connectivity index (χ1n) is 10.2. The summed E-state index contributed by atoms with van der Waals surface area (Å²) in [7, 11) is 0. The van der Waals surface area contributed by atoms with Crippen LogP contribution in [-0.4, -0.2) is 23.0 Å². The summed E-state index contributed by atoms with van der Waals surface area (Å²) in [4.78, 5) is 23.4. The molecule has 0 bridgehead atoms. The van der Waals surface area contributed by atoms with Crippen LogP contribution < -0.4 is 5.32 Å². The van der Waals surface area contributed by atoms with Crippen molar-refractivity contribution >= 4 is 11.9 Å². The molecule has 4 nitrogen and oxygen atoms in total. The number of hydrogen-bond donors (Lipinski definition) is 2. The second-order valence-corrected chi connectivity index (χ2v) is 6.58. The Labute approximate surface area is 153 Å². The number of carbonyl (C=O) groups is 2. The Hall–Kier alpha value is -1.84. The minimum Gasteiger partial charge on any atom is -0.480 e. The Kier molecular flexibility index (Phi) is 10.5. The molecule has 1 amide bonds. The van der Waals surface area contributed by atoms with Crippen molar-refractivity contribution in [3.63, 3.8) is 0 Å². The minimum atomic E-state index is -0.993. The quantitative estimate of drug-likeness (QED) is 0.478. The molecule has 0 aliphatic rings. The van der Waals surface area contributed by atoms with E-state index in [4.69, 9.17) is 1.37 Å². The number of hydrogen-bond acceptors (Lipinski definition) is 2. The van der Waals surface area contributed by atoms with Gasteiger partial charge in [0.05, 0.1) is 0 Å². The van der Waals surface area contributed by atoms with Gasteiger partial charge in [-0.15, -0.1) is 0 Å². The topological polar surface area (TPSA) is 66.4 Å². The van der Waals surface area contributed by atoms with Crippen LogP contribution in [0.4, 0.5) is 0 Å². The van der Waals surface area contributed by atoms with Gasteiger partial charge >= 0.3 is 5.97 Å². The van der Waals surface area contributed by atoms with Crippen molar-refractivity contribution in [2.24, 2.45) is 0 Å². The molecule has 4 heteroatoms. The monoisotopic (exact) mass is 348 g/mol. The van der Waals surface area contributed by atoms with E-state index in [1.807, 2.05) is 30.3 Å². The molecule has 0 unspecified atom stereocenters. The van der Waals surface area contributed by atoms with Gasteiger partial charge in [-0.2, -0.15) is 0 Å². The maximum atomic E-state index is 12.0. The third-order valence-electron chi connectivity index (χ3n) is 4.32. The number of amides is 1. The first-order chi connectivity index (χ1) is 12.6. The van der Waals surface area contributed by atoms with Gasteiger partial charge in [-0.3, -0.25) is 4.79 Å². The van der Waals surface area contributed by atoms with Gasteiger partial charge in [-0.05, 0) is 12.0 Å². The summed E-state index contributed by atoms with van der Waals surface area (Å²) in [6.45, 7) is 0.538. The summed E-state index contributed by atoms with van der Waals surface area (Å²) >= 11 is 0. The molecule has 0 saturated carbocycles. The van der Waals surface area contributed by atoms with E-state index in [1.165, 1.54) is 25.7 Å². The minimum absolute atomic E-state index is 0.177. The Balaban J connectivity index is 2.11. The van der Waals surface area contributed by atoms with Crippen LogP contribution in [0.2, 0.25) is 0 Å². The summed E-state index contributed by atoms with van der Waals surface area (Å²) in [5.41, 5.74) is 0.905. The lowest BCUT2D eigenvalue weighted by Gasteiger charge is -2.14. The van der Waals surface area contributed by atoms with E-state index in [2.05, 4.69) is 5.32 Å². The third-order valence-corrected chi connectivity index (χ3v) is 4.32. The van der Waals surface area contributed by atoms with Crippen molar-refractivity contribution in [3.05, 3.63) is 35.9 Å². The SMILES string of the molecule is [2H]CCCCCCCCCCCC(=O)N[C@@H](Cc1ccccc1)C(=O)O. The maximum absolute atomic E-state index is 12.0. The number of carboxylic acid groups (broad SMARTS) is 1. The van der Waals surface area contributed by atoms with Gasteiger partial charge in [-0.1, -0.05) is 88.6 Å². The van der Waals surface area contributed by atoms with Crippen LogP contribution in [0.25, 0.3) is 0 Å². The summed E-state index contributed by atoms with van der Waals surface area (Å²) in [6.07, 6.45) is 10.7. The van der Waals surface area contributed by atoms with Crippen LogP contribution in [0, 0.1) is 0 Å². The van der Waals surface area contributed by atoms with Gasteiger partial charge in [0.2, 0.25) is 5.91 Å². The lowest BCUT2D eigenvalue weighted by molar-refractivity contribution is -0.141.